The number of hydrogen-bond donors (Lipinski definition) is 2. The Labute approximate surface area is 143 Å². The molecule has 0 saturated heterocycles. The average molecular weight is 328 g/mol. The summed E-state index contributed by atoms with van der Waals surface area (Å²) in [5.74, 6) is 0.715. The fraction of sp³-hybridized carbons (Fsp3) is 0.200. The van der Waals surface area contributed by atoms with Gasteiger partial charge < -0.3 is 10.4 Å². The summed E-state index contributed by atoms with van der Waals surface area (Å²) in [6.45, 7) is 0.882. The van der Waals surface area contributed by atoms with Gasteiger partial charge in [0.2, 0.25) is 0 Å². The molecule has 0 aromatic heterocycles. The number of rotatable bonds is 5. The van der Waals surface area contributed by atoms with Crippen LogP contribution in [0.1, 0.15) is 17.0 Å². The third kappa shape index (κ3) is 4.04. The number of benzene rings is 3. The van der Waals surface area contributed by atoms with Gasteiger partial charge in [0.25, 0.3) is 0 Å². The Morgan fingerprint density at radius 3 is 2.35 bits per heavy atom. The van der Waals surface area contributed by atoms with E-state index in [-0.39, 0.29) is 12.4 Å². The van der Waals surface area contributed by atoms with Crippen molar-refractivity contribution in [2.24, 2.45) is 0 Å². The first-order chi connectivity index (χ1) is 10.8. The number of likely N-dealkylation sites (N-methyl/N-ethyl adjacent to an activating group) is 1. The fourth-order valence-corrected chi connectivity index (χ4v) is 2.96. The lowest BCUT2D eigenvalue weighted by Crippen LogP contribution is -2.19. The predicted molar refractivity (Wildman–Crippen MR) is 99.7 cm³/mol. The molecule has 0 amide bonds. The maximum absolute atomic E-state index is 10.0. The number of nitrogens with one attached hydrogen (secondary N) is 1. The Morgan fingerprint density at radius 2 is 1.61 bits per heavy atom. The maximum atomic E-state index is 10.0. The van der Waals surface area contributed by atoms with E-state index in [9.17, 15) is 5.11 Å². The quantitative estimate of drug-likeness (QED) is 0.722. The molecular formula is C20H22ClNO. The van der Waals surface area contributed by atoms with E-state index in [1.54, 1.807) is 6.07 Å². The van der Waals surface area contributed by atoms with Crippen molar-refractivity contribution in [3.8, 4) is 5.75 Å². The van der Waals surface area contributed by atoms with Gasteiger partial charge in [0.05, 0.1) is 0 Å². The number of phenolic OH excluding ortho intramolecular Hbond substituents is 1. The topological polar surface area (TPSA) is 32.3 Å². The maximum Gasteiger partial charge on any atom is 0.118 e. The summed E-state index contributed by atoms with van der Waals surface area (Å²) in [6.07, 6.45) is 0.825. The Morgan fingerprint density at radius 1 is 0.913 bits per heavy atom. The number of hydrogen-bond acceptors (Lipinski definition) is 2. The largest absolute Gasteiger partial charge is 0.508 e. The minimum atomic E-state index is 0. The smallest absolute Gasteiger partial charge is 0.118 e. The third-order valence-electron chi connectivity index (χ3n) is 4.15. The van der Waals surface area contributed by atoms with E-state index in [4.69, 9.17) is 0 Å². The van der Waals surface area contributed by atoms with Gasteiger partial charge in [-0.05, 0) is 41.4 Å². The van der Waals surface area contributed by atoms with Gasteiger partial charge in [-0.15, -0.1) is 12.4 Å². The molecule has 3 aromatic carbocycles. The van der Waals surface area contributed by atoms with Gasteiger partial charge >= 0.3 is 0 Å². The highest BCUT2D eigenvalue weighted by Crippen LogP contribution is 2.27. The molecule has 120 valence electrons. The van der Waals surface area contributed by atoms with Gasteiger partial charge in [-0.3, -0.25) is 0 Å². The van der Waals surface area contributed by atoms with Crippen LogP contribution in [0.25, 0.3) is 10.8 Å². The van der Waals surface area contributed by atoms with E-state index >= 15 is 0 Å². The molecule has 3 rings (SSSR count). The van der Waals surface area contributed by atoms with E-state index in [0.717, 1.165) is 18.5 Å². The van der Waals surface area contributed by atoms with Gasteiger partial charge in [-0.25, -0.2) is 0 Å². The molecule has 3 aromatic rings. The predicted octanol–water partition coefficient (Wildman–Crippen LogP) is 4.51. The van der Waals surface area contributed by atoms with Gasteiger partial charge in [0.15, 0.2) is 0 Å². The van der Waals surface area contributed by atoms with Gasteiger partial charge in [0, 0.05) is 12.5 Å². The molecule has 1 unspecified atom stereocenters. The van der Waals surface area contributed by atoms with Crippen LogP contribution in [0.2, 0.25) is 0 Å². The molecule has 0 aliphatic carbocycles. The molecule has 0 fully saturated rings. The van der Waals surface area contributed by atoms with Crippen molar-refractivity contribution in [3.05, 3.63) is 77.9 Å². The summed E-state index contributed by atoms with van der Waals surface area (Å²) in [5.41, 5.74) is 2.30. The first-order valence-corrected chi connectivity index (χ1v) is 7.68. The molecule has 0 spiro atoms. The lowest BCUT2D eigenvalue weighted by Gasteiger charge is -2.18. The normalized spacial score (nSPS) is 11.9. The fourth-order valence-electron chi connectivity index (χ4n) is 2.96. The van der Waals surface area contributed by atoms with Crippen molar-refractivity contribution < 1.29 is 5.11 Å². The molecule has 2 N–H and O–H groups in total. The van der Waals surface area contributed by atoms with Crippen molar-refractivity contribution in [1.82, 2.24) is 5.32 Å². The first kappa shape index (κ1) is 17.3. The van der Waals surface area contributed by atoms with E-state index < -0.39 is 0 Å². The number of phenols is 1. The van der Waals surface area contributed by atoms with Gasteiger partial charge in [0.1, 0.15) is 5.75 Å². The number of para-hydroxylation sites is 1. The highest BCUT2D eigenvalue weighted by Gasteiger charge is 2.14. The highest BCUT2D eigenvalue weighted by molar-refractivity contribution is 5.85. The molecule has 0 radical (unpaired) electrons. The zero-order valence-electron chi connectivity index (χ0n) is 13.2. The monoisotopic (exact) mass is 327 g/mol. The summed E-state index contributed by atoms with van der Waals surface area (Å²) in [5, 5.41) is 15.8. The molecule has 0 aliphatic heterocycles. The minimum absolute atomic E-state index is 0. The zero-order valence-corrected chi connectivity index (χ0v) is 14.0. The minimum Gasteiger partial charge on any atom is -0.508 e. The van der Waals surface area contributed by atoms with Crippen molar-refractivity contribution in [3.63, 3.8) is 0 Å². The Hall–Kier alpha value is -2.03. The van der Waals surface area contributed by atoms with Crippen molar-refractivity contribution >= 4 is 23.2 Å². The Kier molecular flexibility index (Phi) is 6.03. The summed E-state index contributed by atoms with van der Waals surface area (Å²) in [6, 6.07) is 22.7. The number of fused-ring (bicyclic) bond motifs is 1. The molecule has 0 aliphatic rings. The van der Waals surface area contributed by atoms with Crippen LogP contribution in [-0.2, 0) is 6.42 Å². The molecule has 0 saturated carbocycles. The van der Waals surface area contributed by atoms with Crippen molar-refractivity contribution in [2.75, 3.05) is 13.6 Å². The van der Waals surface area contributed by atoms with Crippen LogP contribution in [0.4, 0.5) is 0 Å². The number of halogens is 1. The summed E-state index contributed by atoms with van der Waals surface area (Å²) >= 11 is 0. The second kappa shape index (κ2) is 8.00. The first-order valence-electron chi connectivity index (χ1n) is 7.68. The van der Waals surface area contributed by atoms with E-state index in [1.165, 1.54) is 16.3 Å². The molecule has 0 heterocycles. The Balaban J connectivity index is 0.00000192. The third-order valence-corrected chi connectivity index (χ3v) is 4.15. The standard InChI is InChI=1S/C20H21NO.ClH/c1-21-14-19(13-18-8-4-5-9-20(18)22)17-11-10-15-6-2-3-7-16(15)12-17;/h2-12,19,21-22H,13-14H2,1H3;1H. The second-order valence-corrected chi connectivity index (χ2v) is 5.69. The summed E-state index contributed by atoms with van der Waals surface area (Å²) in [7, 11) is 1.97. The van der Waals surface area contributed by atoms with Crippen LogP contribution in [0, 0.1) is 0 Å². The van der Waals surface area contributed by atoms with E-state index in [0.29, 0.717) is 11.7 Å². The van der Waals surface area contributed by atoms with Crippen LogP contribution >= 0.6 is 12.4 Å². The summed E-state index contributed by atoms with van der Waals surface area (Å²) < 4.78 is 0. The summed E-state index contributed by atoms with van der Waals surface area (Å²) in [4.78, 5) is 0. The zero-order chi connectivity index (χ0) is 15.4. The van der Waals surface area contributed by atoms with Crippen LogP contribution in [-0.4, -0.2) is 18.7 Å². The SMILES string of the molecule is CNCC(Cc1ccccc1O)c1ccc2ccccc2c1.Cl. The molecule has 23 heavy (non-hydrogen) atoms. The van der Waals surface area contributed by atoms with Crippen molar-refractivity contribution in [1.29, 1.82) is 0 Å². The highest BCUT2D eigenvalue weighted by atomic mass is 35.5. The van der Waals surface area contributed by atoms with Crippen LogP contribution in [0.15, 0.2) is 66.7 Å². The van der Waals surface area contributed by atoms with Crippen molar-refractivity contribution in [2.45, 2.75) is 12.3 Å². The lowest BCUT2D eigenvalue weighted by molar-refractivity contribution is 0.464. The number of aromatic hydroxyl groups is 1. The van der Waals surface area contributed by atoms with E-state index in [1.807, 2.05) is 25.2 Å². The van der Waals surface area contributed by atoms with Gasteiger partial charge in [-0.2, -0.15) is 0 Å². The van der Waals surface area contributed by atoms with Crippen LogP contribution in [0.5, 0.6) is 5.75 Å². The molecular weight excluding hydrogens is 306 g/mol. The van der Waals surface area contributed by atoms with Gasteiger partial charge in [-0.1, -0.05) is 60.7 Å². The molecule has 2 nitrogen and oxygen atoms in total. The lowest BCUT2D eigenvalue weighted by atomic mass is 9.90. The second-order valence-electron chi connectivity index (χ2n) is 5.69. The average Bonchev–Trinajstić information content (AvgIpc) is 2.56. The van der Waals surface area contributed by atoms with E-state index in [2.05, 4.69) is 47.8 Å². The Bertz CT molecular complexity index is 772. The van der Waals surface area contributed by atoms with Crippen LogP contribution in [0.3, 0.4) is 0 Å². The molecule has 0 bridgehead atoms. The molecule has 3 heteroatoms. The van der Waals surface area contributed by atoms with Crippen LogP contribution < -0.4 is 5.32 Å². The molecule has 1 atom stereocenters.